The Morgan fingerprint density at radius 1 is 0.926 bits per heavy atom. The van der Waals surface area contributed by atoms with Gasteiger partial charge in [0.15, 0.2) is 5.78 Å². The van der Waals surface area contributed by atoms with Crippen LogP contribution in [0, 0.1) is 23.7 Å². The number of imide groups is 1. The van der Waals surface area contributed by atoms with Crippen molar-refractivity contribution in [1.29, 1.82) is 0 Å². The number of carbonyl (C=O) groups is 3. The SMILES string of the molecule is O=C(c1ccccc1)c1cc(Cl)ccc1N1C(=O)[C@@H]2[C@@H](C1=O)[C@H]1C=C[C@@H]2C1. The molecule has 2 bridgehead atoms. The van der Waals surface area contributed by atoms with Crippen LogP contribution in [0.3, 0.4) is 0 Å². The molecule has 2 aromatic rings. The predicted octanol–water partition coefficient (Wildman–Crippen LogP) is 3.88. The topological polar surface area (TPSA) is 54.5 Å². The van der Waals surface area contributed by atoms with Gasteiger partial charge in [-0.3, -0.25) is 14.4 Å². The fourth-order valence-corrected chi connectivity index (χ4v) is 4.94. The highest BCUT2D eigenvalue weighted by atomic mass is 35.5. The van der Waals surface area contributed by atoms with Crippen LogP contribution >= 0.6 is 11.6 Å². The number of fused-ring (bicyclic) bond motifs is 5. The lowest BCUT2D eigenvalue weighted by Crippen LogP contribution is -2.34. The summed E-state index contributed by atoms with van der Waals surface area (Å²) >= 11 is 6.13. The first kappa shape index (κ1) is 16.5. The Morgan fingerprint density at radius 2 is 1.56 bits per heavy atom. The first-order valence-corrected chi connectivity index (χ1v) is 9.39. The molecule has 0 unspecified atom stereocenters. The smallest absolute Gasteiger partial charge is 0.238 e. The number of nitrogens with zero attached hydrogens (tertiary/aromatic N) is 1. The summed E-state index contributed by atoms with van der Waals surface area (Å²) in [6, 6.07) is 13.5. The summed E-state index contributed by atoms with van der Waals surface area (Å²) in [6.07, 6.45) is 4.98. The van der Waals surface area contributed by atoms with E-state index in [2.05, 4.69) is 12.2 Å². The number of benzene rings is 2. The van der Waals surface area contributed by atoms with Crippen molar-refractivity contribution in [1.82, 2.24) is 0 Å². The van der Waals surface area contributed by atoms with E-state index < -0.39 is 0 Å². The lowest BCUT2D eigenvalue weighted by Gasteiger charge is -2.20. The number of hydrogen-bond acceptors (Lipinski definition) is 3. The van der Waals surface area contributed by atoms with E-state index in [0.29, 0.717) is 16.3 Å². The lowest BCUT2D eigenvalue weighted by molar-refractivity contribution is -0.123. The Labute approximate surface area is 161 Å². The third-order valence-electron chi connectivity index (χ3n) is 5.95. The number of ketones is 1. The van der Waals surface area contributed by atoms with E-state index in [-0.39, 0.29) is 46.8 Å². The van der Waals surface area contributed by atoms with E-state index in [1.807, 2.05) is 6.07 Å². The van der Waals surface area contributed by atoms with Crippen molar-refractivity contribution >= 4 is 34.9 Å². The lowest BCUT2D eigenvalue weighted by atomic mass is 9.85. The van der Waals surface area contributed by atoms with Crippen molar-refractivity contribution in [3.63, 3.8) is 0 Å². The second kappa shape index (κ2) is 5.89. The molecule has 2 aromatic carbocycles. The summed E-state index contributed by atoms with van der Waals surface area (Å²) in [7, 11) is 0. The van der Waals surface area contributed by atoms with Crippen LogP contribution in [0.5, 0.6) is 0 Å². The normalized spacial score (nSPS) is 28.1. The molecular weight excluding hydrogens is 362 g/mol. The van der Waals surface area contributed by atoms with Crippen molar-refractivity contribution in [2.75, 3.05) is 4.90 Å². The molecule has 1 saturated carbocycles. The molecule has 0 radical (unpaired) electrons. The van der Waals surface area contributed by atoms with E-state index in [1.165, 1.54) is 11.0 Å². The zero-order valence-electron chi connectivity index (χ0n) is 14.3. The van der Waals surface area contributed by atoms with E-state index >= 15 is 0 Å². The number of amides is 2. The molecule has 27 heavy (non-hydrogen) atoms. The molecule has 2 amide bonds. The van der Waals surface area contributed by atoms with Gasteiger partial charge >= 0.3 is 0 Å². The van der Waals surface area contributed by atoms with Gasteiger partial charge in [0.1, 0.15) is 0 Å². The fourth-order valence-electron chi connectivity index (χ4n) is 4.77. The highest BCUT2D eigenvalue weighted by Crippen LogP contribution is 2.53. The maximum absolute atomic E-state index is 13.1. The molecular formula is C22H16ClNO3. The molecule has 5 heteroatoms. The van der Waals surface area contributed by atoms with E-state index in [9.17, 15) is 14.4 Å². The molecule has 5 rings (SSSR count). The van der Waals surface area contributed by atoms with Gasteiger partial charge in [0, 0.05) is 16.1 Å². The second-order valence-electron chi connectivity index (χ2n) is 7.37. The number of halogens is 1. The molecule has 3 aliphatic rings. The molecule has 1 saturated heterocycles. The first-order valence-electron chi connectivity index (χ1n) is 9.01. The van der Waals surface area contributed by atoms with Crippen LogP contribution < -0.4 is 4.90 Å². The average Bonchev–Trinajstić information content (AvgIpc) is 3.36. The van der Waals surface area contributed by atoms with Gasteiger partial charge in [-0.05, 0) is 36.5 Å². The van der Waals surface area contributed by atoms with Crippen LogP contribution in [0.1, 0.15) is 22.3 Å². The van der Waals surface area contributed by atoms with Crippen LogP contribution in [0.4, 0.5) is 5.69 Å². The zero-order valence-corrected chi connectivity index (χ0v) is 15.1. The van der Waals surface area contributed by atoms with Crippen molar-refractivity contribution in [3.05, 3.63) is 76.8 Å². The van der Waals surface area contributed by atoms with Gasteiger partial charge in [-0.25, -0.2) is 4.90 Å². The Hall–Kier alpha value is -2.72. The maximum Gasteiger partial charge on any atom is 0.238 e. The molecule has 1 heterocycles. The summed E-state index contributed by atoms with van der Waals surface area (Å²) in [5.41, 5.74) is 1.09. The van der Waals surface area contributed by atoms with Crippen LogP contribution in [0.15, 0.2) is 60.7 Å². The van der Waals surface area contributed by atoms with E-state index in [4.69, 9.17) is 11.6 Å². The maximum atomic E-state index is 13.1. The number of allylic oxidation sites excluding steroid dienone is 2. The van der Waals surface area contributed by atoms with Gasteiger partial charge in [-0.15, -0.1) is 0 Å². The minimum absolute atomic E-state index is 0.127. The minimum atomic E-state index is -0.303. The van der Waals surface area contributed by atoms with Gasteiger partial charge in [0.05, 0.1) is 17.5 Å². The molecule has 4 atom stereocenters. The molecule has 2 aliphatic carbocycles. The van der Waals surface area contributed by atoms with Gasteiger partial charge in [0.2, 0.25) is 11.8 Å². The largest absolute Gasteiger partial charge is 0.289 e. The van der Waals surface area contributed by atoms with E-state index in [1.54, 1.807) is 36.4 Å². The van der Waals surface area contributed by atoms with Crippen LogP contribution in [0.2, 0.25) is 5.02 Å². The summed E-state index contributed by atoms with van der Waals surface area (Å²) in [4.78, 5) is 40.5. The van der Waals surface area contributed by atoms with Gasteiger partial charge in [-0.1, -0.05) is 54.1 Å². The predicted molar refractivity (Wildman–Crippen MR) is 102 cm³/mol. The number of rotatable bonds is 3. The highest BCUT2D eigenvalue weighted by molar-refractivity contribution is 6.32. The van der Waals surface area contributed by atoms with Crippen molar-refractivity contribution in [3.8, 4) is 0 Å². The summed E-state index contributed by atoms with van der Waals surface area (Å²) in [5, 5.41) is 0.388. The third-order valence-corrected chi connectivity index (χ3v) is 6.19. The van der Waals surface area contributed by atoms with Crippen molar-refractivity contribution in [2.24, 2.45) is 23.7 Å². The molecule has 4 nitrogen and oxygen atoms in total. The number of anilines is 1. The average molecular weight is 378 g/mol. The molecule has 134 valence electrons. The van der Waals surface area contributed by atoms with Crippen molar-refractivity contribution in [2.45, 2.75) is 6.42 Å². The Kier molecular flexibility index (Phi) is 3.59. The quantitative estimate of drug-likeness (QED) is 0.463. The summed E-state index contributed by atoms with van der Waals surface area (Å²) in [6.45, 7) is 0. The first-order chi connectivity index (χ1) is 13.1. The molecule has 2 fully saturated rings. The molecule has 1 aliphatic heterocycles. The number of carbonyl (C=O) groups excluding carboxylic acids is 3. The summed E-state index contributed by atoms with van der Waals surface area (Å²) in [5.74, 6) is -1.01. The zero-order chi connectivity index (χ0) is 18.7. The second-order valence-corrected chi connectivity index (χ2v) is 7.80. The van der Waals surface area contributed by atoms with Crippen molar-refractivity contribution < 1.29 is 14.4 Å². The van der Waals surface area contributed by atoms with E-state index in [0.717, 1.165) is 6.42 Å². The van der Waals surface area contributed by atoms with Crippen LogP contribution in [0.25, 0.3) is 0 Å². The Bertz CT molecular complexity index is 983. The van der Waals surface area contributed by atoms with Gasteiger partial charge in [0.25, 0.3) is 0 Å². The minimum Gasteiger partial charge on any atom is -0.289 e. The Balaban J connectivity index is 1.60. The molecule has 0 N–H and O–H groups in total. The van der Waals surface area contributed by atoms with Gasteiger partial charge in [-0.2, -0.15) is 0 Å². The fraction of sp³-hybridized carbons (Fsp3) is 0.227. The summed E-state index contributed by atoms with van der Waals surface area (Å²) < 4.78 is 0. The molecule has 0 aromatic heterocycles. The molecule has 0 spiro atoms. The third kappa shape index (κ3) is 2.33. The highest BCUT2D eigenvalue weighted by Gasteiger charge is 2.59. The monoisotopic (exact) mass is 377 g/mol. The standard InChI is InChI=1S/C22H16ClNO3/c23-15-8-9-17(16(11-15)20(25)12-4-2-1-3-5-12)24-21(26)18-13-6-7-14(10-13)19(18)22(24)27/h1-9,11,13-14,18-19H,10H2/t13-,14+,18-,19-/m0/s1. The van der Waals surface area contributed by atoms with Crippen LogP contribution in [-0.4, -0.2) is 17.6 Å². The van der Waals surface area contributed by atoms with Gasteiger partial charge < -0.3 is 0 Å². The Morgan fingerprint density at radius 3 is 2.19 bits per heavy atom. The number of hydrogen-bond donors (Lipinski definition) is 0. The van der Waals surface area contributed by atoms with Crippen LogP contribution in [-0.2, 0) is 9.59 Å².